The molecule has 0 saturated heterocycles. The number of nitrogens with zero attached hydrogens (tertiary/aromatic N) is 2. The minimum atomic E-state index is 0.219. The number of para-hydroxylation sites is 2. The zero-order chi connectivity index (χ0) is 14.5. The van der Waals surface area contributed by atoms with Crippen LogP contribution in [0.3, 0.4) is 0 Å². The van der Waals surface area contributed by atoms with E-state index in [0.29, 0.717) is 23.4 Å². The maximum atomic E-state index is 6.04. The van der Waals surface area contributed by atoms with Gasteiger partial charge in [0.25, 0.3) is 0 Å². The number of ether oxygens (including phenoxy) is 1. The van der Waals surface area contributed by atoms with Gasteiger partial charge in [0.05, 0.1) is 12.3 Å². The summed E-state index contributed by atoms with van der Waals surface area (Å²) in [6, 6.07) is 9.43. The van der Waals surface area contributed by atoms with Crippen LogP contribution in [0.15, 0.2) is 30.3 Å². The average Bonchev–Trinajstić information content (AvgIpc) is 2.40. The van der Waals surface area contributed by atoms with E-state index in [1.165, 1.54) is 0 Å². The van der Waals surface area contributed by atoms with Crippen molar-refractivity contribution in [2.24, 2.45) is 0 Å². The first kappa shape index (κ1) is 14.6. The van der Waals surface area contributed by atoms with Crippen molar-refractivity contribution in [1.29, 1.82) is 0 Å². The second-order valence-electron chi connectivity index (χ2n) is 4.64. The van der Waals surface area contributed by atoms with Crippen molar-refractivity contribution in [3.05, 3.63) is 41.3 Å². The Morgan fingerprint density at radius 1 is 1.25 bits per heavy atom. The molecule has 2 rings (SSSR count). The van der Waals surface area contributed by atoms with Crippen LogP contribution in [0.25, 0.3) is 0 Å². The van der Waals surface area contributed by atoms with Crippen LogP contribution in [0.2, 0.25) is 5.15 Å². The van der Waals surface area contributed by atoms with Crippen LogP contribution in [0.4, 0.5) is 11.5 Å². The van der Waals surface area contributed by atoms with Gasteiger partial charge >= 0.3 is 0 Å². The maximum absolute atomic E-state index is 6.04. The fraction of sp³-hybridized carbons (Fsp3) is 0.333. The number of halogens is 1. The monoisotopic (exact) mass is 291 g/mol. The minimum absolute atomic E-state index is 0.219. The lowest BCUT2D eigenvalue weighted by atomic mass is 10.2. The molecule has 0 aliphatic heterocycles. The number of hydrogen-bond acceptors (Lipinski definition) is 4. The van der Waals surface area contributed by atoms with E-state index < -0.39 is 0 Å². The molecule has 0 aliphatic carbocycles. The Bertz CT molecular complexity index is 587. The number of nitrogens with one attached hydrogen (secondary N) is 1. The molecular weight excluding hydrogens is 274 g/mol. The number of rotatable bonds is 5. The molecule has 106 valence electrons. The number of hydrogen-bond donors (Lipinski definition) is 1. The van der Waals surface area contributed by atoms with Crippen LogP contribution < -0.4 is 10.1 Å². The SMILES string of the molecule is CCOc1ccccc1Nc1cc(Cl)nc(C(C)C)n1. The molecule has 1 aromatic heterocycles. The van der Waals surface area contributed by atoms with E-state index in [-0.39, 0.29) is 5.92 Å². The number of benzene rings is 1. The van der Waals surface area contributed by atoms with Gasteiger partial charge in [0, 0.05) is 12.0 Å². The molecule has 0 atom stereocenters. The van der Waals surface area contributed by atoms with Crippen LogP contribution in [0.5, 0.6) is 5.75 Å². The van der Waals surface area contributed by atoms with Crippen LogP contribution in [0, 0.1) is 0 Å². The summed E-state index contributed by atoms with van der Waals surface area (Å²) in [5.41, 5.74) is 0.860. The van der Waals surface area contributed by atoms with E-state index in [1.807, 2.05) is 45.0 Å². The minimum Gasteiger partial charge on any atom is -0.492 e. The normalized spacial score (nSPS) is 10.7. The lowest BCUT2D eigenvalue weighted by Gasteiger charge is -2.13. The third-order valence-electron chi connectivity index (χ3n) is 2.68. The highest BCUT2D eigenvalue weighted by atomic mass is 35.5. The molecule has 1 aromatic carbocycles. The summed E-state index contributed by atoms with van der Waals surface area (Å²) in [5, 5.41) is 3.66. The molecule has 20 heavy (non-hydrogen) atoms. The van der Waals surface area contributed by atoms with E-state index in [1.54, 1.807) is 6.07 Å². The third kappa shape index (κ3) is 3.61. The molecule has 0 radical (unpaired) electrons. The fourth-order valence-corrected chi connectivity index (χ4v) is 1.94. The number of anilines is 2. The summed E-state index contributed by atoms with van der Waals surface area (Å²) in [7, 11) is 0. The Hall–Kier alpha value is -1.81. The lowest BCUT2D eigenvalue weighted by molar-refractivity contribution is 0.342. The van der Waals surface area contributed by atoms with E-state index in [2.05, 4.69) is 15.3 Å². The van der Waals surface area contributed by atoms with Gasteiger partial charge in [-0.15, -0.1) is 0 Å². The molecule has 4 nitrogen and oxygen atoms in total. The quantitative estimate of drug-likeness (QED) is 0.830. The zero-order valence-corrected chi connectivity index (χ0v) is 12.6. The first-order chi connectivity index (χ1) is 9.60. The molecule has 1 N–H and O–H groups in total. The zero-order valence-electron chi connectivity index (χ0n) is 11.9. The highest BCUT2D eigenvalue weighted by molar-refractivity contribution is 6.29. The molecule has 0 unspecified atom stereocenters. The van der Waals surface area contributed by atoms with E-state index in [0.717, 1.165) is 11.4 Å². The summed E-state index contributed by atoms with van der Waals surface area (Å²) in [5.74, 6) is 2.39. The largest absolute Gasteiger partial charge is 0.492 e. The lowest BCUT2D eigenvalue weighted by Crippen LogP contribution is -2.03. The Kier molecular flexibility index (Phi) is 4.79. The first-order valence-electron chi connectivity index (χ1n) is 6.63. The number of aromatic nitrogens is 2. The van der Waals surface area contributed by atoms with E-state index in [4.69, 9.17) is 16.3 Å². The van der Waals surface area contributed by atoms with E-state index in [9.17, 15) is 0 Å². The van der Waals surface area contributed by atoms with Crippen molar-refractivity contribution in [2.75, 3.05) is 11.9 Å². The van der Waals surface area contributed by atoms with Crippen LogP contribution in [0.1, 0.15) is 32.5 Å². The van der Waals surface area contributed by atoms with Crippen molar-refractivity contribution >= 4 is 23.1 Å². The molecule has 0 saturated carbocycles. The molecule has 5 heteroatoms. The molecule has 2 aromatic rings. The average molecular weight is 292 g/mol. The summed E-state index contributed by atoms with van der Waals surface area (Å²) >= 11 is 6.04. The standard InChI is InChI=1S/C15H18ClN3O/c1-4-20-12-8-6-5-7-11(12)17-14-9-13(16)18-15(19-14)10(2)3/h5-10H,4H2,1-3H3,(H,17,18,19). The predicted octanol–water partition coefficient (Wildman–Crippen LogP) is 4.40. The summed E-state index contributed by atoms with van der Waals surface area (Å²) in [6.45, 7) is 6.63. The maximum Gasteiger partial charge on any atom is 0.142 e. The van der Waals surface area contributed by atoms with Gasteiger partial charge in [-0.1, -0.05) is 37.6 Å². The van der Waals surface area contributed by atoms with Gasteiger partial charge in [-0.25, -0.2) is 9.97 Å². The van der Waals surface area contributed by atoms with Crippen molar-refractivity contribution in [2.45, 2.75) is 26.7 Å². The first-order valence-corrected chi connectivity index (χ1v) is 7.01. The Morgan fingerprint density at radius 2 is 2.00 bits per heavy atom. The van der Waals surface area contributed by atoms with E-state index >= 15 is 0 Å². The highest BCUT2D eigenvalue weighted by Gasteiger charge is 2.09. The van der Waals surface area contributed by atoms with Gasteiger partial charge < -0.3 is 10.1 Å². The van der Waals surface area contributed by atoms with Gasteiger partial charge in [0.15, 0.2) is 0 Å². The molecule has 0 amide bonds. The summed E-state index contributed by atoms with van der Waals surface area (Å²) < 4.78 is 5.58. The Morgan fingerprint density at radius 3 is 2.70 bits per heavy atom. The molecule has 0 fully saturated rings. The Labute approximate surface area is 124 Å². The van der Waals surface area contributed by atoms with Crippen LogP contribution >= 0.6 is 11.6 Å². The molecule has 1 heterocycles. The van der Waals surface area contributed by atoms with Crippen LogP contribution in [-0.2, 0) is 0 Å². The summed E-state index contributed by atoms with van der Waals surface area (Å²) in [6.07, 6.45) is 0. The predicted molar refractivity (Wildman–Crippen MR) is 82.0 cm³/mol. The molecule has 0 aliphatic rings. The second-order valence-corrected chi connectivity index (χ2v) is 5.03. The second kappa shape index (κ2) is 6.57. The molecule has 0 bridgehead atoms. The topological polar surface area (TPSA) is 47.0 Å². The van der Waals surface area contributed by atoms with Gasteiger partial charge in [0.1, 0.15) is 22.5 Å². The van der Waals surface area contributed by atoms with Crippen molar-refractivity contribution in [1.82, 2.24) is 9.97 Å². The molecular formula is C15H18ClN3O. The molecule has 0 spiro atoms. The van der Waals surface area contributed by atoms with Gasteiger partial charge in [0.2, 0.25) is 0 Å². The Balaban J connectivity index is 2.30. The highest BCUT2D eigenvalue weighted by Crippen LogP contribution is 2.28. The van der Waals surface area contributed by atoms with Crippen LogP contribution in [-0.4, -0.2) is 16.6 Å². The van der Waals surface area contributed by atoms with Crippen molar-refractivity contribution < 1.29 is 4.74 Å². The van der Waals surface area contributed by atoms with Gasteiger partial charge in [-0.05, 0) is 19.1 Å². The van der Waals surface area contributed by atoms with Gasteiger partial charge in [-0.3, -0.25) is 0 Å². The van der Waals surface area contributed by atoms with Gasteiger partial charge in [-0.2, -0.15) is 0 Å². The summed E-state index contributed by atoms with van der Waals surface area (Å²) in [4.78, 5) is 8.68. The van der Waals surface area contributed by atoms with Crippen molar-refractivity contribution in [3.63, 3.8) is 0 Å². The fourth-order valence-electron chi connectivity index (χ4n) is 1.75. The smallest absolute Gasteiger partial charge is 0.142 e. The third-order valence-corrected chi connectivity index (χ3v) is 2.87. The van der Waals surface area contributed by atoms with Crippen molar-refractivity contribution in [3.8, 4) is 5.75 Å².